The maximum atomic E-state index is 12.5. The molecule has 1 atom stereocenters. The summed E-state index contributed by atoms with van der Waals surface area (Å²) >= 11 is 0. The molecule has 8 nitrogen and oxygen atoms in total. The zero-order valence-electron chi connectivity index (χ0n) is 18.9. The summed E-state index contributed by atoms with van der Waals surface area (Å²) in [5.74, 6) is 0.619. The molecule has 0 radical (unpaired) electrons. The number of imidazole rings is 1. The first-order chi connectivity index (χ1) is 15.9. The molecule has 4 rings (SSSR count). The number of amides is 3. The molecule has 3 aromatic rings. The van der Waals surface area contributed by atoms with Crippen molar-refractivity contribution in [3.8, 4) is 0 Å². The van der Waals surface area contributed by atoms with Crippen molar-refractivity contribution in [2.45, 2.75) is 45.7 Å². The van der Waals surface area contributed by atoms with E-state index in [-0.39, 0.29) is 30.6 Å². The van der Waals surface area contributed by atoms with Crippen molar-refractivity contribution in [2.75, 3.05) is 11.9 Å². The number of aromatic nitrogens is 2. The third-order valence-corrected chi connectivity index (χ3v) is 5.66. The van der Waals surface area contributed by atoms with Crippen LogP contribution in [0.4, 0.5) is 5.69 Å². The fraction of sp³-hybridized carbons (Fsp3) is 0.360. The van der Waals surface area contributed by atoms with E-state index in [4.69, 9.17) is 4.98 Å². The minimum absolute atomic E-state index is 0.136. The third kappa shape index (κ3) is 5.22. The normalized spacial score (nSPS) is 15.7. The summed E-state index contributed by atoms with van der Waals surface area (Å²) in [6.07, 6.45) is 0.976. The molecule has 0 spiro atoms. The number of fused-ring (bicyclic) bond motifs is 2. The molecule has 0 saturated heterocycles. The topological polar surface area (TPSA) is 105 Å². The van der Waals surface area contributed by atoms with Gasteiger partial charge >= 0.3 is 0 Å². The van der Waals surface area contributed by atoms with Crippen LogP contribution in [0.5, 0.6) is 0 Å². The second-order valence-corrected chi connectivity index (χ2v) is 8.72. The lowest BCUT2D eigenvalue weighted by Crippen LogP contribution is -2.42. The van der Waals surface area contributed by atoms with Gasteiger partial charge in [0.25, 0.3) is 5.91 Å². The Morgan fingerprint density at radius 1 is 1.12 bits per heavy atom. The average Bonchev–Trinajstić information content (AvgIpc) is 3.07. The van der Waals surface area contributed by atoms with Crippen LogP contribution in [-0.4, -0.2) is 39.9 Å². The van der Waals surface area contributed by atoms with Crippen molar-refractivity contribution in [1.82, 2.24) is 20.2 Å². The van der Waals surface area contributed by atoms with Gasteiger partial charge in [0.2, 0.25) is 11.8 Å². The number of hydrogen-bond acceptors (Lipinski definition) is 4. The van der Waals surface area contributed by atoms with Crippen LogP contribution in [0.15, 0.2) is 48.5 Å². The van der Waals surface area contributed by atoms with E-state index in [1.165, 1.54) is 0 Å². The highest BCUT2D eigenvalue weighted by atomic mass is 16.2. The van der Waals surface area contributed by atoms with Crippen LogP contribution < -0.4 is 16.0 Å². The molecule has 0 unspecified atom stereocenters. The first-order valence-corrected chi connectivity index (χ1v) is 11.3. The van der Waals surface area contributed by atoms with Crippen LogP contribution in [-0.2, 0) is 22.6 Å². The van der Waals surface area contributed by atoms with Crippen LogP contribution >= 0.6 is 0 Å². The first-order valence-electron chi connectivity index (χ1n) is 11.3. The molecule has 2 heterocycles. The molecule has 0 bridgehead atoms. The monoisotopic (exact) mass is 447 g/mol. The molecule has 8 heteroatoms. The van der Waals surface area contributed by atoms with E-state index in [0.717, 1.165) is 23.4 Å². The standard InChI is InChI=1S/C25H29N5O3/c1-16(2)15-30-21-10-6-5-9-19(21)27-22(30)13-14-26-23(31)12-11-20-25(33)28-18-8-4-3-7-17(18)24(32)29-20/h3-10,16,20H,11-15H2,1-2H3,(H,26,31)(H,28,33)(H,29,32)/t20-/m0/s1. The van der Waals surface area contributed by atoms with Crippen molar-refractivity contribution >= 4 is 34.4 Å². The highest BCUT2D eigenvalue weighted by molar-refractivity contribution is 6.09. The van der Waals surface area contributed by atoms with Gasteiger partial charge in [0.15, 0.2) is 0 Å². The van der Waals surface area contributed by atoms with Gasteiger partial charge in [0, 0.05) is 25.9 Å². The fourth-order valence-corrected chi connectivity index (χ4v) is 4.08. The van der Waals surface area contributed by atoms with E-state index in [9.17, 15) is 14.4 Å². The summed E-state index contributed by atoms with van der Waals surface area (Å²) < 4.78 is 2.22. The first kappa shape index (κ1) is 22.5. The summed E-state index contributed by atoms with van der Waals surface area (Å²) in [6, 6.07) is 14.1. The molecule has 0 aliphatic carbocycles. The predicted molar refractivity (Wildman–Crippen MR) is 127 cm³/mol. The molecule has 33 heavy (non-hydrogen) atoms. The van der Waals surface area contributed by atoms with E-state index in [1.807, 2.05) is 18.2 Å². The highest BCUT2D eigenvalue weighted by Gasteiger charge is 2.27. The quantitative estimate of drug-likeness (QED) is 0.494. The Balaban J connectivity index is 1.31. The Morgan fingerprint density at radius 2 is 1.88 bits per heavy atom. The third-order valence-electron chi connectivity index (χ3n) is 5.66. The van der Waals surface area contributed by atoms with Gasteiger partial charge in [-0.25, -0.2) is 4.98 Å². The Kier molecular flexibility index (Phi) is 6.72. The van der Waals surface area contributed by atoms with Crippen LogP contribution in [0.2, 0.25) is 0 Å². The van der Waals surface area contributed by atoms with Gasteiger partial charge in [-0.3, -0.25) is 14.4 Å². The van der Waals surface area contributed by atoms with Crippen LogP contribution in [0.3, 0.4) is 0 Å². The molecule has 1 aliphatic heterocycles. The fourth-order valence-electron chi connectivity index (χ4n) is 4.08. The number of hydrogen-bond donors (Lipinski definition) is 3. The zero-order chi connectivity index (χ0) is 23.4. The van der Waals surface area contributed by atoms with Crippen molar-refractivity contribution in [1.29, 1.82) is 0 Å². The summed E-state index contributed by atoms with van der Waals surface area (Å²) in [5.41, 5.74) is 2.96. The molecular formula is C25H29N5O3. The molecule has 1 aliphatic rings. The summed E-state index contributed by atoms with van der Waals surface area (Å²) in [4.78, 5) is 42.0. The largest absolute Gasteiger partial charge is 0.356 e. The Morgan fingerprint density at radius 3 is 2.70 bits per heavy atom. The van der Waals surface area contributed by atoms with Crippen molar-refractivity contribution < 1.29 is 14.4 Å². The lowest BCUT2D eigenvalue weighted by atomic mass is 10.1. The van der Waals surface area contributed by atoms with Crippen LogP contribution in [0.1, 0.15) is 42.9 Å². The van der Waals surface area contributed by atoms with E-state index in [1.54, 1.807) is 24.3 Å². The van der Waals surface area contributed by atoms with Gasteiger partial charge in [-0.1, -0.05) is 38.1 Å². The van der Waals surface area contributed by atoms with Gasteiger partial charge in [0.1, 0.15) is 11.9 Å². The van der Waals surface area contributed by atoms with Crippen molar-refractivity contribution in [3.05, 3.63) is 59.9 Å². The highest BCUT2D eigenvalue weighted by Crippen LogP contribution is 2.20. The number of carbonyl (C=O) groups excluding carboxylic acids is 3. The molecule has 3 N–H and O–H groups in total. The number of nitrogens with one attached hydrogen (secondary N) is 3. The molecular weight excluding hydrogens is 418 g/mol. The SMILES string of the molecule is CC(C)Cn1c(CCNC(=O)CC[C@@H]2NC(=O)c3ccccc3NC2=O)nc2ccccc21. The molecule has 0 saturated carbocycles. The molecule has 3 amide bonds. The van der Waals surface area contributed by atoms with Gasteiger partial charge < -0.3 is 20.5 Å². The molecule has 172 valence electrons. The van der Waals surface area contributed by atoms with Gasteiger partial charge in [-0.05, 0) is 36.6 Å². The number of para-hydroxylation sites is 3. The maximum Gasteiger partial charge on any atom is 0.254 e. The Labute approximate surface area is 192 Å². The van der Waals surface area contributed by atoms with E-state index in [2.05, 4.69) is 40.4 Å². The second-order valence-electron chi connectivity index (χ2n) is 8.72. The lowest BCUT2D eigenvalue weighted by molar-refractivity contribution is -0.121. The van der Waals surface area contributed by atoms with Crippen LogP contribution in [0, 0.1) is 5.92 Å². The minimum Gasteiger partial charge on any atom is -0.356 e. The maximum absolute atomic E-state index is 12.5. The predicted octanol–water partition coefficient (Wildman–Crippen LogP) is 2.88. The summed E-state index contributed by atoms with van der Waals surface area (Å²) in [6.45, 7) is 5.65. The lowest BCUT2D eigenvalue weighted by Gasteiger charge is -2.14. The Hall–Kier alpha value is -3.68. The zero-order valence-corrected chi connectivity index (χ0v) is 18.9. The molecule has 1 aromatic heterocycles. The number of carbonyl (C=O) groups is 3. The van der Waals surface area contributed by atoms with Crippen molar-refractivity contribution in [2.24, 2.45) is 5.92 Å². The van der Waals surface area contributed by atoms with Gasteiger partial charge in [-0.15, -0.1) is 0 Å². The minimum atomic E-state index is -0.758. The molecule has 0 fully saturated rings. The van der Waals surface area contributed by atoms with E-state index in [0.29, 0.717) is 30.1 Å². The second kappa shape index (κ2) is 9.85. The molecule has 2 aromatic carbocycles. The summed E-state index contributed by atoms with van der Waals surface area (Å²) in [5, 5.41) is 8.40. The Bertz CT molecular complexity index is 1180. The average molecular weight is 448 g/mol. The van der Waals surface area contributed by atoms with Crippen molar-refractivity contribution in [3.63, 3.8) is 0 Å². The smallest absolute Gasteiger partial charge is 0.254 e. The van der Waals surface area contributed by atoms with E-state index < -0.39 is 6.04 Å². The number of anilines is 1. The van der Waals surface area contributed by atoms with Gasteiger partial charge in [0.05, 0.1) is 22.3 Å². The van der Waals surface area contributed by atoms with E-state index >= 15 is 0 Å². The number of rotatable bonds is 8. The number of benzene rings is 2. The van der Waals surface area contributed by atoms with Crippen LogP contribution in [0.25, 0.3) is 11.0 Å². The van der Waals surface area contributed by atoms with Gasteiger partial charge in [-0.2, -0.15) is 0 Å². The number of nitrogens with zero attached hydrogens (tertiary/aromatic N) is 2. The summed E-state index contributed by atoms with van der Waals surface area (Å²) in [7, 11) is 0.